The van der Waals surface area contributed by atoms with E-state index in [1.54, 1.807) is 6.92 Å². The van der Waals surface area contributed by atoms with E-state index in [2.05, 4.69) is 5.32 Å². The molecule has 1 fully saturated rings. The lowest BCUT2D eigenvalue weighted by atomic mass is 10.0. The molecule has 0 saturated carbocycles. The number of hydrogen-bond acceptors (Lipinski definition) is 4. The summed E-state index contributed by atoms with van der Waals surface area (Å²) in [5, 5.41) is 3.25. The molecule has 0 bridgehead atoms. The molecule has 2 unspecified atom stereocenters. The van der Waals surface area contributed by atoms with E-state index in [0.717, 1.165) is 25.6 Å². The first-order chi connectivity index (χ1) is 5.99. The maximum absolute atomic E-state index is 10.8. The molecular formula is C8H17NO3S. The van der Waals surface area contributed by atoms with Gasteiger partial charge < -0.3 is 5.32 Å². The summed E-state index contributed by atoms with van der Waals surface area (Å²) in [5.41, 5.74) is 0. The molecule has 0 amide bonds. The van der Waals surface area contributed by atoms with Crippen LogP contribution in [-0.4, -0.2) is 33.4 Å². The summed E-state index contributed by atoms with van der Waals surface area (Å²) in [7, 11) is -3.31. The van der Waals surface area contributed by atoms with Gasteiger partial charge in [0.25, 0.3) is 10.1 Å². The Morgan fingerprint density at radius 2 is 2.15 bits per heavy atom. The van der Waals surface area contributed by atoms with Crippen LogP contribution in [0.25, 0.3) is 0 Å². The molecule has 4 nitrogen and oxygen atoms in total. The van der Waals surface area contributed by atoms with E-state index in [9.17, 15) is 8.42 Å². The van der Waals surface area contributed by atoms with Crippen LogP contribution in [0.15, 0.2) is 0 Å². The van der Waals surface area contributed by atoms with Crippen LogP contribution in [0.5, 0.6) is 0 Å². The molecule has 2 atom stereocenters. The third-order valence-corrected chi connectivity index (χ3v) is 2.89. The maximum Gasteiger partial charge on any atom is 0.264 e. The van der Waals surface area contributed by atoms with Crippen molar-refractivity contribution < 1.29 is 12.6 Å². The van der Waals surface area contributed by atoms with Crippen molar-refractivity contribution in [1.82, 2.24) is 5.32 Å². The SMILES string of the molecule is CC(OS(C)(=O)=O)C1CCCCN1. The lowest BCUT2D eigenvalue weighted by Gasteiger charge is -2.27. The Hall–Kier alpha value is -0.130. The van der Waals surface area contributed by atoms with Crippen LogP contribution in [0, 0.1) is 0 Å². The second kappa shape index (κ2) is 4.39. The quantitative estimate of drug-likeness (QED) is 0.684. The molecule has 1 aliphatic rings. The van der Waals surface area contributed by atoms with Gasteiger partial charge >= 0.3 is 0 Å². The Morgan fingerprint density at radius 3 is 2.62 bits per heavy atom. The van der Waals surface area contributed by atoms with Gasteiger partial charge in [-0.15, -0.1) is 0 Å². The minimum atomic E-state index is -3.31. The van der Waals surface area contributed by atoms with E-state index >= 15 is 0 Å². The lowest BCUT2D eigenvalue weighted by molar-refractivity contribution is 0.161. The van der Waals surface area contributed by atoms with E-state index in [4.69, 9.17) is 4.18 Å². The topological polar surface area (TPSA) is 55.4 Å². The van der Waals surface area contributed by atoms with Crippen LogP contribution < -0.4 is 5.32 Å². The minimum Gasteiger partial charge on any atom is -0.311 e. The van der Waals surface area contributed by atoms with Crippen molar-refractivity contribution in [2.45, 2.75) is 38.3 Å². The molecule has 0 aromatic carbocycles. The molecule has 0 radical (unpaired) electrons. The second-order valence-electron chi connectivity index (χ2n) is 3.56. The van der Waals surface area contributed by atoms with Crippen molar-refractivity contribution in [3.63, 3.8) is 0 Å². The molecule has 1 saturated heterocycles. The molecule has 1 rings (SSSR count). The van der Waals surface area contributed by atoms with Crippen molar-refractivity contribution in [2.75, 3.05) is 12.8 Å². The highest BCUT2D eigenvalue weighted by Gasteiger charge is 2.22. The fraction of sp³-hybridized carbons (Fsp3) is 1.00. The van der Waals surface area contributed by atoms with Crippen LogP contribution >= 0.6 is 0 Å². The summed E-state index contributed by atoms with van der Waals surface area (Å²) in [6.07, 6.45) is 4.15. The third-order valence-electron chi connectivity index (χ3n) is 2.24. The van der Waals surface area contributed by atoms with Gasteiger partial charge in [0.05, 0.1) is 12.4 Å². The standard InChI is InChI=1S/C8H17NO3S/c1-7(12-13(2,10)11)8-5-3-4-6-9-8/h7-9H,3-6H2,1-2H3. The summed E-state index contributed by atoms with van der Waals surface area (Å²) in [5.74, 6) is 0. The van der Waals surface area contributed by atoms with Crippen LogP contribution in [0.4, 0.5) is 0 Å². The van der Waals surface area contributed by atoms with E-state index in [1.807, 2.05) is 0 Å². The lowest BCUT2D eigenvalue weighted by Crippen LogP contribution is -2.43. The van der Waals surface area contributed by atoms with Gasteiger partial charge in [0.2, 0.25) is 0 Å². The fourth-order valence-corrected chi connectivity index (χ4v) is 2.31. The molecule has 1 N–H and O–H groups in total. The van der Waals surface area contributed by atoms with Gasteiger partial charge in [-0.2, -0.15) is 8.42 Å². The molecule has 0 aromatic rings. The molecule has 5 heteroatoms. The van der Waals surface area contributed by atoms with Crippen LogP contribution in [0.1, 0.15) is 26.2 Å². The van der Waals surface area contributed by atoms with Gasteiger partial charge in [0, 0.05) is 6.04 Å². The molecule has 0 aliphatic carbocycles. The number of nitrogens with one attached hydrogen (secondary N) is 1. The van der Waals surface area contributed by atoms with E-state index in [0.29, 0.717) is 0 Å². The van der Waals surface area contributed by atoms with Crippen molar-refractivity contribution in [3.8, 4) is 0 Å². The molecule has 78 valence electrons. The number of hydrogen-bond donors (Lipinski definition) is 1. The molecule has 1 aliphatic heterocycles. The summed E-state index contributed by atoms with van der Waals surface area (Å²) >= 11 is 0. The Kier molecular flexibility index (Phi) is 3.70. The molecule has 13 heavy (non-hydrogen) atoms. The average Bonchev–Trinajstić information content (AvgIpc) is 2.03. The van der Waals surface area contributed by atoms with Crippen molar-refractivity contribution in [2.24, 2.45) is 0 Å². The monoisotopic (exact) mass is 207 g/mol. The second-order valence-corrected chi connectivity index (χ2v) is 5.16. The number of piperidine rings is 1. The molecular weight excluding hydrogens is 190 g/mol. The average molecular weight is 207 g/mol. The Morgan fingerprint density at radius 1 is 1.46 bits per heavy atom. The molecule has 1 heterocycles. The zero-order valence-corrected chi connectivity index (χ0v) is 8.93. The Labute approximate surface area is 79.8 Å². The zero-order valence-electron chi connectivity index (χ0n) is 8.12. The first-order valence-electron chi connectivity index (χ1n) is 4.61. The Bertz CT molecular complexity index is 244. The highest BCUT2D eigenvalue weighted by atomic mass is 32.2. The molecule has 0 aromatic heterocycles. The van der Waals surface area contributed by atoms with Crippen molar-refractivity contribution in [3.05, 3.63) is 0 Å². The predicted molar refractivity (Wildman–Crippen MR) is 51.0 cm³/mol. The Balaban J connectivity index is 2.42. The van der Waals surface area contributed by atoms with Gasteiger partial charge in [-0.25, -0.2) is 0 Å². The van der Waals surface area contributed by atoms with Gasteiger partial charge in [0.1, 0.15) is 0 Å². The van der Waals surface area contributed by atoms with Gasteiger partial charge in [-0.3, -0.25) is 4.18 Å². The first kappa shape index (κ1) is 10.9. The van der Waals surface area contributed by atoms with Gasteiger partial charge in [-0.1, -0.05) is 6.42 Å². The maximum atomic E-state index is 10.8. The highest BCUT2D eigenvalue weighted by molar-refractivity contribution is 7.86. The van der Waals surface area contributed by atoms with Crippen LogP contribution in [0.2, 0.25) is 0 Å². The zero-order chi connectivity index (χ0) is 9.90. The van der Waals surface area contributed by atoms with E-state index in [1.165, 1.54) is 6.42 Å². The molecule has 0 spiro atoms. The predicted octanol–water partition coefficient (Wildman–Crippen LogP) is 0.493. The fourth-order valence-electron chi connectivity index (χ4n) is 1.62. The summed E-state index contributed by atoms with van der Waals surface area (Å²) in [4.78, 5) is 0. The van der Waals surface area contributed by atoms with Gasteiger partial charge in [-0.05, 0) is 26.3 Å². The third kappa shape index (κ3) is 4.06. The minimum absolute atomic E-state index is 0.184. The largest absolute Gasteiger partial charge is 0.311 e. The van der Waals surface area contributed by atoms with Crippen LogP contribution in [0.3, 0.4) is 0 Å². The smallest absolute Gasteiger partial charge is 0.264 e. The highest BCUT2D eigenvalue weighted by Crippen LogP contribution is 2.13. The normalized spacial score (nSPS) is 27.1. The summed E-state index contributed by atoms with van der Waals surface area (Å²) in [6.45, 7) is 2.76. The summed E-state index contributed by atoms with van der Waals surface area (Å²) < 4.78 is 26.6. The van der Waals surface area contributed by atoms with E-state index in [-0.39, 0.29) is 12.1 Å². The first-order valence-corrected chi connectivity index (χ1v) is 6.42. The van der Waals surface area contributed by atoms with Gasteiger partial charge in [0.15, 0.2) is 0 Å². The van der Waals surface area contributed by atoms with E-state index < -0.39 is 10.1 Å². The van der Waals surface area contributed by atoms with Crippen molar-refractivity contribution >= 4 is 10.1 Å². The van der Waals surface area contributed by atoms with Crippen LogP contribution in [-0.2, 0) is 14.3 Å². The number of rotatable bonds is 3. The summed E-state index contributed by atoms with van der Waals surface area (Å²) in [6, 6.07) is 0.184. The van der Waals surface area contributed by atoms with Crippen molar-refractivity contribution in [1.29, 1.82) is 0 Å².